The Morgan fingerprint density at radius 2 is 1.95 bits per heavy atom. The minimum absolute atomic E-state index is 0.0444. The van der Waals surface area contributed by atoms with Crippen molar-refractivity contribution in [2.45, 2.75) is 36.4 Å². The number of aromatic nitrogens is 2. The summed E-state index contributed by atoms with van der Waals surface area (Å²) in [7, 11) is 0. The molecule has 0 amide bonds. The van der Waals surface area contributed by atoms with E-state index in [1.807, 2.05) is 13.8 Å². The van der Waals surface area contributed by atoms with E-state index in [2.05, 4.69) is 15.3 Å². The van der Waals surface area contributed by atoms with Crippen molar-refractivity contribution in [2.24, 2.45) is 0 Å². The molecule has 0 saturated heterocycles. The summed E-state index contributed by atoms with van der Waals surface area (Å²) in [6.07, 6.45) is 2.88. The molecular weight excluding hydrogens is 280 g/mol. The van der Waals surface area contributed by atoms with E-state index < -0.39 is 11.6 Å². The first-order valence-corrected chi connectivity index (χ1v) is 7.03. The van der Waals surface area contributed by atoms with Crippen molar-refractivity contribution >= 4 is 11.8 Å². The predicted molar refractivity (Wildman–Crippen MR) is 74.5 cm³/mol. The smallest absolute Gasteiger partial charge is 0.140 e. The largest absolute Gasteiger partial charge is 0.310 e. The van der Waals surface area contributed by atoms with Gasteiger partial charge in [0.1, 0.15) is 23.0 Å². The zero-order chi connectivity index (χ0) is 14.5. The average molecular weight is 295 g/mol. The van der Waals surface area contributed by atoms with Crippen LogP contribution in [0.15, 0.2) is 40.6 Å². The van der Waals surface area contributed by atoms with E-state index in [1.54, 1.807) is 6.07 Å². The van der Waals surface area contributed by atoms with E-state index in [-0.39, 0.29) is 10.9 Å². The van der Waals surface area contributed by atoms with Gasteiger partial charge in [-0.2, -0.15) is 0 Å². The molecule has 1 N–H and O–H groups in total. The highest BCUT2D eigenvalue weighted by Crippen LogP contribution is 2.31. The van der Waals surface area contributed by atoms with Crippen molar-refractivity contribution in [3.8, 4) is 0 Å². The van der Waals surface area contributed by atoms with E-state index in [0.717, 1.165) is 11.8 Å². The van der Waals surface area contributed by atoms with Crippen molar-refractivity contribution in [3.05, 3.63) is 47.9 Å². The number of hydrogen-bond donors (Lipinski definition) is 1. The Bertz CT molecular complexity index is 553. The Hall–Kier alpha value is -1.53. The van der Waals surface area contributed by atoms with Gasteiger partial charge in [-0.25, -0.2) is 18.7 Å². The van der Waals surface area contributed by atoms with Crippen LogP contribution < -0.4 is 5.32 Å². The summed E-state index contributed by atoms with van der Waals surface area (Å²) in [5.41, 5.74) is 0.584. The molecule has 2 aromatic rings. The highest BCUT2D eigenvalue weighted by Gasteiger charge is 2.13. The quantitative estimate of drug-likeness (QED) is 0.858. The topological polar surface area (TPSA) is 37.8 Å². The van der Waals surface area contributed by atoms with Crippen LogP contribution in [0, 0.1) is 11.6 Å². The molecule has 0 spiro atoms. The highest BCUT2D eigenvalue weighted by atomic mass is 32.2. The van der Waals surface area contributed by atoms with Gasteiger partial charge in [-0.3, -0.25) is 0 Å². The monoisotopic (exact) mass is 295 g/mol. The molecule has 2 rings (SSSR count). The lowest BCUT2D eigenvalue weighted by molar-refractivity contribution is 0.529. The molecule has 0 saturated carbocycles. The summed E-state index contributed by atoms with van der Waals surface area (Å²) < 4.78 is 28.0. The fourth-order valence-electron chi connectivity index (χ4n) is 1.58. The van der Waals surface area contributed by atoms with Crippen LogP contribution in [0.25, 0.3) is 0 Å². The molecule has 0 radical (unpaired) electrons. The molecule has 0 atom stereocenters. The number of benzene rings is 1. The number of hydrogen-bond acceptors (Lipinski definition) is 4. The van der Waals surface area contributed by atoms with Crippen LogP contribution in [0.5, 0.6) is 0 Å². The maximum absolute atomic E-state index is 14.0. The molecule has 0 aliphatic carbocycles. The lowest BCUT2D eigenvalue weighted by Crippen LogP contribution is -2.22. The second kappa shape index (κ2) is 6.76. The molecule has 20 heavy (non-hydrogen) atoms. The Morgan fingerprint density at radius 1 is 1.25 bits per heavy atom. The first-order valence-electron chi connectivity index (χ1n) is 6.21. The van der Waals surface area contributed by atoms with Gasteiger partial charge in [-0.05, 0) is 23.8 Å². The number of nitrogens with zero attached hydrogens (tertiary/aromatic N) is 2. The second-order valence-electron chi connectivity index (χ2n) is 4.57. The van der Waals surface area contributed by atoms with Gasteiger partial charge >= 0.3 is 0 Å². The van der Waals surface area contributed by atoms with Crippen molar-refractivity contribution in [1.29, 1.82) is 0 Å². The minimum atomic E-state index is -0.575. The first-order chi connectivity index (χ1) is 9.56. The maximum atomic E-state index is 14.0. The van der Waals surface area contributed by atoms with Gasteiger partial charge in [-0.15, -0.1) is 0 Å². The zero-order valence-corrected chi connectivity index (χ0v) is 12.0. The van der Waals surface area contributed by atoms with Gasteiger partial charge in [-0.1, -0.05) is 25.6 Å². The van der Waals surface area contributed by atoms with Crippen molar-refractivity contribution in [2.75, 3.05) is 0 Å². The van der Waals surface area contributed by atoms with Gasteiger partial charge in [0.2, 0.25) is 0 Å². The third-order valence-electron chi connectivity index (χ3n) is 2.53. The average Bonchev–Trinajstić information content (AvgIpc) is 2.42. The lowest BCUT2D eigenvalue weighted by atomic mass is 10.2. The third kappa shape index (κ3) is 3.98. The Morgan fingerprint density at radius 3 is 2.50 bits per heavy atom. The highest BCUT2D eigenvalue weighted by molar-refractivity contribution is 7.99. The standard InChI is InChI=1S/C14H15F2N3S/c1-9(2)18-7-10-5-11(15)14(12(16)6-10)20-13-3-4-17-8-19-13/h3-6,8-9,18H,7H2,1-2H3. The zero-order valence-electron chi connectivity index (χ0n) is 11.2. The number of nitrogens with one attached hydrogen (secondary N) is 1. The van der Waals surface area contributed by atoms with Crippen LogP contribution in [0.4, 0.5) is 8.78 Å². The van der Waals surface area contributed by atoms with Crippen LogP contribution in [-0.2, 0) is 6.54 Å². The molecule has 0 bridgehead atoms. The molecule has 0 aliphatic rings. The summed E-state index contributed by atoms with van der Waals surface area (Å²) in [5, 5.41) is 3.63. The van der Waals surface area contributed by atoms with E-state index >= 15 is 0 Å². The first kappa shape index (κ1) is 14.9. The molecule has 0 fully saturated rings. The van der Waals surface area contributed by atoms with Crippen molar-refractivity contribution in [1.82, 2.24) is 15.3 Å². The molecule has 0 aliphatic heterocycles. The Balaban J connectivity index is 2.18. The van der Waals surface area contributed by atoms with Gasteiger partial charge in [0.05, 0.1) is 4.90 Å². The fraction of sp³-hybridized carbons (Fsp3) is 0.286. The van der Waals surface area contributed by atoms with E-state index in [0.29, 0.717) is 17.1 Å². The van der Waals surface area contributed by atoms with E-state index in [1.165, 1.54) is 24.7 Å². The Labute approximate surface area is 120 Å². The van der Waals surface area contributed by atoms with Crippen molar-refractivity contribution < 1.29 is 8.78 Å². The van der Waals surface area contributed by atoms with Crippen molar-refractivity contribution in [3.63, 3.8) is 0 Å². The minimum Gasteiger partial charge on any atom is -0.310 e. The molecule has 1 heterocycles. The van der Waals surface area contributed by atoms with Gasteiger partial charge in [0.15, 0.2) is 0 Å². The number of rotatable bonds is 5. The summed E-state index contributed by atoms with van der Waals surface area (Å²) in [4.78, 5) is 7.67. The molecule has 0 unspecified atom stereocenters. The van der Waals surface area contributed by atoms with Crippen LogP contribution in [0.3, 0.4) is 0 Å². The third-order valence-corrected chi connectivity index (χ3v) is 3.58. The van der Waals surface area contributed by atoms with Crippen LogP contribution in [0.2, 0.25) is 0 Å². The fourth-order valence-corrected chi connectivity index (χ4v) is 2.33. The van der Waals surface area contributed by atoms with E-state index in [4.69, 9.17) is 0 Å². The van der Waals surface area contributed by atoms with Gasteiger partial charge in [0.25, 0.3) is 0 Å². The van der Waals surface area contributed by atoms with Crippen LogP contribution in [-0.4, -0.2) is 16.0 Å². The Kier molecular flexibility index (Phi) is 5.03. The molecule has 3 nitrogen and oxygen atoms in total. The van der Waals surface area contributed by atoms with Gasteiger partial charge in [0, 0.05) is 18.8 Å². The number of halogens is 2. The predicted octanol–water partition coefficient (Wildman–Crippen LogP) is 3.40. The summed E-state index contributed by atoms with van der Waals surface area (Å²) >= 11 is 0.952. The molecule has 1 aromatic heterocycles. The molecule has 106 valence electrons. The summed E-state index contributed by atoms with van der Waals surface area (Å²) in [6.45, 7) is 4.39. The summed E-state index contributed by atoms with van der Waals surface area (Å²) in [6, 6.07) is 4.57. The molecule has 1 aromatic carbocycles. The van der Waals surface area contributed by atoms with Crippen LogP contribution >= 0.6 is 11.8 Å². The van der Waals surface area contributed by atoms with Gasteiger partial charge < -0.3 is 5.32 Å². The van der Waals surface area contributed by atoms with Crippen LogP contribution in [0.1, 0.15) is 19.4 Å². The maximum Gasteiger partial charge on any atom is 0.140 e. The summed E-state index contributed by atoms with van der Waals surface area (Å²) in [5.74, 6) is -1.15. The molecular formula is C14H15F2N3S. The lowest BCUT2D eigenvalue weighted by Gasteiger charge is -2.10. The molecule has 6 heteroatoms. The SMILES string of the molecule is CC(C)NCc1cc(F)c(Sc2ccncn2)c(F)c1. The van der Waals surface area contributed by atoms with E-state index in [9.17, 15) is 8.78 Å². The normalized spacial score (nSPS) is 11.1. The second-order valence-corrected chi connectivity index (χ2v) is 5.60.